The number of ether oxygens (including phenoxy) is 2. The molecule has 4 N–H and O–H groups in total. The van der Waals surface area contributed by atoms with Crippen molar-refractivity contribution in [2.24, 2.45) is 10.7 Å². The van der Waals surface area contributed by atoms with Crippen LogP contribution in [0.1, 0.15) is 30.9 Å². The largest absolute Gasteiger partial charge is 0.493 e. The molecule has 2 rings (SSSR count). The molecule has 0 aliphatic heterocycles. The van der Waals surface area contributed by atoms with E-state index in [0.29, 0.717) is 37.0 Å². The van der Waals surface area contributed by atoms with Gasteiger partial charge in [-0.05, 0) is 41.8 Å². The average Bonchev–Trinajstić information content (AvgIpc) is 2.71. The lowest BCUT2D eigenvalue weighted by Crippen LogP contribution is -2.31. The van der Waals surface area contributed by atoms with Crippen LogP contribution in [-0.2, 0) is 17.9 Å². The zero-order valence-corrected chi connectivity index (χ0v) is 19.4. The monoisotopic (exact) mass is 512 g/mol. The van der Waals surface area contributed by atoms with E-state index >= 15 is 0 Å². The van der Waals surface area contributed by atoms with E-state index in [4.69, 9.17) is 15.2 Å². The van der Waals surface area contributed by atoms with Crippen molar-refractivity contribution in [2.45, 2.75) is 32.9 Å². The number of nitrogens with zero attached hydrogens (tertiary/aromatic N) is 1. The van der Waals surface area contributed by atoms with E-state index in [2.05, 4.69) is 15.6 Å². The molecular formula is C21H29IN4O3. The SMILES string of the molecule is CCCC(=O)Nc1ccc(CNC(N)=NCc2ccc(OC)c(OC)c2)cc1.I. The van der Waals surface area contributed by atoms with Gasteiger partial charge in [-0.1, -0.05) is 25.1 Å². The Labute approximate surface area is 189 Å². The molecule has 8 heteroatoms. The van der Waals surface area contributed by atoms with Crippen LogP contribution in [0.3, 0.4) is 0 Å². The molecule has 158 valence electrons. The fourth-order valence-corrected chi connectivity index (χ4v) is 2.56. The number of halogens is 1. The second-order valence-corrected chi connectivity index (χ2v) is 6.24. The number of nitrogens with one attached hydrogen (secondary N) is 2. The van der Waals surface area contributed by atoms with Crippen LogP contribution in [0.5, 0.6) is 11.5 Å². The summed E-state index contributed by atoms with van der Waals surface area (Å²) in [7, 11) is 3.20. The van der Waals surface area contributed by atoms with Crippen LogP contribution in [0.25, 0.3) is 0 Å². The standard InChI is InChI=1S/C21H28N4O3.HI/c1-4-5-20(26)25-17-9-6-15(7-10-17)13-23-21(22)24-14-16-8-11-18(27-2)19(12-16)28-3;/h6-12H,4-5,13-14H2,1-3H3,(H,25,26)(H3,22,23,24);1H. The molecule has 0 aliphatic carbocycles. The summed E-state index contributed by atoms with van der Waals surface area (Å²) in [5.74, 6) is 1.72. The topological polar surface area (TPSA) is 98.0 Å². The molecule has 2 aromatic rings. The minimum Gasteiger partial charge on any atom is -0.493 e. The van der Waals surface area contributed by atoms with Gasteiger partial charge in [-0.2, -0.15) is 0 Å². The highest BCUT2D eigenvalue weighted by Gasteiger charge is 2.04. The molecule has 0 aliphatic rings. The number of rotatable bonds is 9. The quantitative estimate of drug-likeness (QED) is 0.271. The molecule has 0 aromatic heterocycles. The number of hydrogen-bond acceptors (Lipinski definition) is 4. The van der Waals surface area contributed by atoms with E-state index in [-0.39, 0.29) is 29.9 Å². The van der Waals surface area contributed by atoms with Gasteiger partial charge in [0.25, 0.3) is 0 Å². The van der Waals surface area contributed by atoms with Gasteiger partial charge in [0.05, 0.1) is 20.8 Å². The number of nitrogens with two attached hydrogens (primary N) is 1. The third-order valence-electron chi connectivity index (χ3n) is 4.07. The molecule has 0 saturated heterocycles. The van der Waals surface area contributed by atoms with E-state index in [9.17, 15) is 4.79 Å². The fraction of sp³-hybridized carbons (Fsp3) is 0.333. The van der Waals surface area contributed by atoms with Gasteiger partial charge in [0, 0.05) is 18.7 Å². The maximum atomic E-state index is 11.6. The van der Waals surface area contributed by atoms with Crippen LogP contribution in [-0.4, -0.2) is 26.1 Å². The fourth-order valence-electron chi connectivity index (χ4n) is 2.56. The Hall–Kier alpha value is -2.49. The van der Waals surface area contributed by atoms with Crippen molar-refractivity contribution >= 4 is 41.5 Å². The van der Waals surface area contributed by atoms with E-state index < -0.39 is 0 Å². The number of methoxy groups -OCH3 is 2. The van der Waals surface area contributed by atoms with Crippen molar-refractivity contribution in [2.75, 3.05) is 19.5 Å². The van der Waals surface area contributed by atoms with Crippen LogP contribution in [0.15, 0.2) is 47.5 Å². The zero-order valence-electron chi connectivity index (χ0n) is 17.0. The van der Waals surface area contributed by atoms with Crippen LogP contribution in [0, 0.1) is 0 Å². The van der Waals surface area contributed by atoms with Gasteiger partial charge in [-0.25, -0.2) is 4.99 Å². The third-order valence-corrected chi connectivity index (χ3v) is 4.07. The van der Waals surface area contributed by atoms with Crippen LogP contribution in [0.2, 0.25) is 0 Å². The molecule has 1 amide bonds. The second-order valence-electron chi connectivity index (χ2n) is 6.24. The molecule has 0 bridgehead atoms. The Kier molecular flexibility index (Phi) is 10.9. The van der Waals surface area contributed by atoms with Crippen LogP contribution < -0.4 is 25.8 Å². The smallest absolute Gasteiger partial charge is 0.224 e. The van der Waals surface area contributed by atoms with Gasteiger partial charge >= 0.3 is 0 Å². The molecule has 0 radical (unpaired) electrons. The lowest BCUT2D eigenvalue weighted by molar-refractivity contribution is -0.116. The molecule has 0 atom stereocenters. The molecule has 0 fully saturated rings. The van der Waals surface area contributed by atoms with Crippen LogP contribution in [0.4, 0.5) is 5.69 Å². The van der Waals surface area contributed by atoms with Gasteiger partial charge < -0.3 is 25.8 Å². The van der Waals surface area contributed by atoms with Crippen molar-refractivity contribution in [3.8, 4) is 11.5 Å². The maximum Gasteiger partial charge on any atom is 0.224 e. The second kappa shape index (κ2) is 12.9. The van der Waals surface area contributed by atoms with E-state index in [1.807, 2.05) is 49.4 Å². The molecule has 0 unspecified atom stereocenters. The number of hydrogen-bond donors (Lipinski definition) is 3. The summed E-state index contributed by atoms with van der Waals surface area (Å²) in [4.78, 5) is 16.0. The number of anilines is 1. The lowest BCUT2D eigenvalue weighted by atomic mass is 10.2. The number of guanidine groups is 1. The van der Waals surface area contributed by atoms with Gasteiger partial charge in [0.1, 0.15) is 0 Å². The number of carbonyl (C=O) groups is 1. The lowest BCUT2D eigenvalue weighted by Gasteiger charge is -2.09. The molecular weight excluding hydrogens is 483 g/mol. The first-order valence-electron chi connectivity index (χ1n) is 9.19. The van der Waals surface area contributed by atoms with E-state index in [1.165, 1.54) is 0 Å². The van der Waals surface area contributed by atoms with Gasteiger partial charge in [-0.3, -0.25) is 4.79 Å². The number of carbonyl (C=O) groups excluding carboxylic acids is 1. The van der Waals surface area contributed by atoms with Crippen molar-refractivity contribution in [3.05, 3.63) is 53.6 Å². The number of aliphatic imine (C=N–C) groups is 1. The molecule has 2 aromatic carbocycles. The van der Waals surface area contributed by atoms with Crippen molar-refractivity contribution in [1.29, 1.82) is 0 Å². The number of amides is 1. The normalized spacial score (nSPS) is 10.7. The molecule has 0 heterocycles. The van der Waals surface area contributed by atoms with Gasteiger partial charge in [0.2, 0.25) is 5.91 Å². The van der Waals surface area contributed by atoms with Crippen molar-refractivity contribution in [1.82, 2.24) is 5.32 Å². The predicted octanol–water partition coefficient (Wildman–Crippen LogP) is 3.66. The summed E-state index contributed by atoms with van der Waals surface area (Å²) < 4.78 is 10.5. The molecule has 0 saturated carbocycles. The minimum absolute atomic E-state index is 0. The highest BCUT2D eigenvalue weighted by molar-refractivity contribution is 14.0. The van der Waals surface area contributed by atoms with Crippen molar-refractivity contribution in [3.63, 3.8) is 0 Å². The molecule has 29 heavy (non-hydrogen) atoms. The highest BCUT2D eigenvalue weighted by atomic mass is 127. The number of benzene rings is 2. The first-order chi connectivity index (χ1) is 13.5. The maximum absolute atomic E-state index is 11.6. The highest BCUT2D eigenvalue weighted by Crippen LogP contribution is 2.27. The minimum atomic E-state index is 0. The Morgan fingerprint density at radius 3 is 2.31 bits per heavy atom. The van der Waals surface area contributed by atoms with Gasteiger partial charge in [0.15, 0.2) is 17.5 Å². The van der Waals surface area contributed by atoms with Crippen molar-refractivity contribution < 1.29 is 14.3 Å². The summed E-state index contributed by atoms with van der Waals surface area (Å²) in [5.41, 5.74) is 8.75. The Morgan fingerprint density at radius 1 is 1.03 bits per heavy atom. The Bertz CT molecular complexity index is 810. The zero-order chi connectivity index (χ0) is 20.4. The first kappa shape index (κ1) is 24.5. The molecule has 7 nitrogen and oxygen atoms in total. The summed E-state index contributed by atoms with van der Waals surface area (Å²) in [6.45, 7) is 2.96. The summed E-state index contributed by atoms with van der Waals surface area (Å²) >= 11 is 0. The predicted molar refractivity (Wildman–Crippen MR) is 127 cm³/mol. The van der Waals surface area contributed by atoms with E-state index in [1.54, 1.807) is 14.2 Å². The van der Waals surface area contributed by atoms with Gasteiger partial charge in [-0.15, -0.1) is 24.0 Å². The summed E-state index contributed by atoms with van der Waals surface area (Å²) in [6.07, 6.45) is 1.35. The molecule has 0 spiro atoms. The summed E-state index contributed by atoms with van der Waals surface area (Å²) in [6, 6.07) is 13.3. The first-order valence-corrected chi connectivity index (χ1v) is 9.19. The third kappa shape index (κ3) is 8.18. The Morgan fingerprint density at radius 2 is 1.69 bits per heavy atom. The Balaban J connectivity index is 0.00000420. The van der Waals surface area contributed by atoms with E-state index in [0.717, 1.165) is 23.2 Å². The average molecular weight is 512 g/mol. The summed E-state index contributed by atoms with van der Waals surface area (Å²) in [5, 5.41) is 5.95. The van der Waals surface area contributed by atoms with Crippen LogP contribution >= 0.6 is 24.0 Å².